The Morgan fingerprint density at radius 2 is 1.82 bits per heavy atom. The molecule has 1 rings (SSSR count). The van der Waals surface area contributed by atoms with Crippen LogP contribution in [-0.2, 0) is 9.53 Å². The first-order chi connectivity index (χ1) is 7.18. The number of nitrogens with two attached hydrogens (primary N) is 1. The van der Waals surface area contributed by atoms with Crippen LogP contribution in [0.5, 0.6) is 0 Å². The summed E-state index contributed by atoms with van der Waals surface area (Å²) in [5, 5.41) is 0. The number of carbonyl (C=O) groups is 1. The van der Waals surface area contributed by atoms with E-state index in [4.69, 9.17) is 10.5 Å². The molecule has 1 aliphatic rings. The lowest BCUT2D eigenvalue weighted by molar-refractivity contribution is -0.156. The molecule has 0 aromatic heterocycles. The Balaban J connectivity index is 0.00000256. The summed E-state index contributed by atoms with van der Waals surface area (Å²) in [4.78, 5) is 11.6. The molecule has 0 saturated heterocycles. The largest absolute Gasteiger partial charge is 0.460 e. The molecule has 0 aliphatic heterocycles. The third-order valence-corrected chi connectivity index (χ3v) is 3.12. The van der Waals surface area contributed by atoms with Crippen molar-refractivity contribution in [2.75, 3.05) is 0 Å². The van der Waals surface area contributed by atoms with Gasteiger partial charge in [-0.05, 0) is 59.3 Å². The molecule has 0 aromatic rings. The molecule has 4 heteroatoms. The lowest BCUT2D eigenvalue weighted by Gasteiger charge is -2.34. The van der Waals surface area contributed by atoms with E-state index in [2.05, 4.69) is 6.92 Å². The fourth-order valence-corrected chi connectivity index (χ4v) is 2.16. The Hall–Kier alpha value is -0.280. The van der Waals surface area contributed by atoms with Crippen LogP contribution < -0.4 is 5.73 Å². The lowest BCUT2D eigenvalue weighted by atomic mass is 9.77. The first-order valence-corrected chi connectivity index (χ1v) is 6.19. The van der Waals surface area contributed by atoms with Crippen LogP contribution in [0.25, 0.3) is 0 Å². The molecule has 0 atom stereocenters. The van der Waals surface area contributed by atoms with Crippen molar-refractivity contribution in [3.63, 3.8) is 0 Å². The molecule has 1 fully saturated rings. The second-order valence-electron chi connectivity index (χ2n) is 6.39. The lowest BCUT2D eigenvalue weighted by Crippen LogP contribution is -2.40. The molecule has 0 radical (unpaired) electrons. The van der Waals surface area contributed by atoms with E-state index in [1.165, 1.54) is 0 Å². The molecule has 0 bridgehead atoms. The number of ether oxygens (including phenoxy) is 1. The summed E-state index contributed by atoms with van der Waals surface area (Å²) >= 11 is 0. The first kappa shape index (κ1) is 16.7. The number of rotatable bonds is 2. The molecule has 0 unspecified atom stereocenters. The van der Waals surface area contributed by atoms with Gasteiger partial charge in [0, 0.05) is 12.0 Å². The van der Waals surface area contributed by atoms with Crippen molar-refractivity contribution in [2.45, 2.75) is 70.9 Å². The second-order valence-corrected chi connectivity index (χ2v) is 6.39. The summed E-state index contributed by atoms with van der Waals surface area (Å²) < 4.78 is 5.32. The van der Waals surface area contributed by atoms with Gasteiger partial charge in [-0.15, -0.1) is 12.4 Å². The Labute approximate surface area is 111 Å². The number of halogens is 1. The molecule has 1 saturated carbocycles. The minimum Gasteiger partial charge on any atom is -0.460 e. The molecule has 0 heterocycles. The third kappa shape index (κ3) is 6.89. The maximum absolute atomic E-state index is 11.6. The zero-order valence-electron chi connectivity index (χ0n) is 11.4. The van der Waals surface area contributed by atoms with E-state index in [9.17, 15) is 4.79 Å². The van der Waals surface area contributed by atoms with Gasteiger partial charge in [-0.25, -0.2) is 0 Å². The molecule has 3 nitrogen and oxygen atoms in total. The van der Waals surface area contributed by atoms with E-state index in [-0.39, 0.29) is 29.5 Å². The van der Waals surface area contributed by atoms with E-state index in [1.807, 2.05) is 20.8 Å². The van der Waals surface area contributed by atoms with Crippen LogP contribution in [0.3, 0.4) is 0 Å². The van der Waals surface area contributed by atoms with Gasteiger partial charge in [0.2, 0.25) is 0 Å². The summed E-state index contributed by atoms with van der Waals surface area (Å²) in [6.07, 6.45) is 4.67. The zero-order valence-corrected chi connectivity index (χ0v) is 12.2. The highest BCUT2D eigenvalue weighted by atomic mass is 35.5. The van der Waals surface area contributed by atoms with Crippen LogP contribution in [0.4, 0.5) is 0 Å². The molecule has 0 spiro atoms. The summed E-state index contributed by atoms with van der Waals surface area (Å²) in [5.74, 6) is 0.393. The minimum atomic E-state index is -0.367. The summed E-state index contributed by atoms with van der Waals surface area (Å²) in [7, 11) is 0. The van der Waals surface area contributed by atoms with Gasteiger partial charge in [-0.2, -0.15) is 0 Å². The highest BCUT2D eigenvalue weighted by Crippen LogP contribution is 2.32. The van der Waals surface area contributed by atoms with Crippen molar-refractivity contribution >= 4 is 18.4 Å². The van der Waals surface area contributed by atoms with Crippen molar-refractivity contribution in [3.8, 4) is 0 Å². The molecule has 0 amide bonds. The highest BCUT2D eigenvalue weighted by molar-refractivity contribution is 5.85. The smallest absolute Gasteiger partial charge is 0.306 e. The van der Waals surface area contributed by atoms with Crippen molar-refractivity contribution < 1.29 is 9.53 Å². The number of carbonyl (C=O) groups excluding carboxylic acids is 1. The van der Waals surface area contributed by atoms with Gasteiger partial charge < -0.3 is 10.5 Å². The Kier molecular flexibility index (Phi) is 5.95. The highest BCUT2D eigenvalue weighted by Gasteiger charge is 2.29. The number of esters is 1. The van der Waals surface area contributed by atoms with E-state index >= 15 is 0 Å². The molecule has 17 heavy (non-hydrogen) atoms. The van der Waals surface area contributed by atoms with Gasteiger partial charge in [0.05, 0.1) is 0 Å². The fraction of sp³-hybridized carbons (Fsp3) is 0.923. The van der Waals surface area contributed by atoms with Crippen molar-refractivity contribution in [3.05, 3.63) is 0 Å². The Morgan fingerprint density at radius 1 is 1.35 bits per heavy atom. The molecule has 0 aromatic carbocycles. The summed E-state index contributed by atoms with van der Waals surface area (Å²) in [5.41, 5.74) is 5.67. The van der Waals surface area contributed by atoms with Gasteiger partial charge in [0.1, 0.15) is 5.60 Å². The van der Waals surface area contributed by atoms with E-state index in [0.29, 0.717) is 12.3 Å². The van der Waals surface area contributed by atoms with E-state index < -0.39 is 0 Å². The average molecular weight is 264 g/mol. The van der Waals surface area contributed by atoms with Crippen LogP contribution in [-0.4, -0.2) is 17.1 Å². The van der Waals surface area contributed by atoms with Gasteiger partial charge in [-0.3, -0.25) is 4.79 Å². The maximum atomic E-state index is 11.6. The molecule has 1 aliphatic carbocycles. The minimum absolute atomic E-state index is 0. The number of hydrogen-bond acceptors (Lipinski definition) is 3. The van der Waals surface area contributed by atoms with E-state index in [0.717, 1.165) is 25.7 Å². The predicted molar refractivity (Wildman–Crippen MR) is 72.3 cm³/mol. The van der Waals surface area contributed by atoms with Crippen LogP contribution in [0, 0.1) is 5.92 Å². The van der Waals surface area contributed by atoms with Crippen LogP contribution in [0.1, 0.15) is 59.8 Å². The van der Waals surface area contributed by atoms with Gasteiger partial charge in [0.15, 0.2) is 0 Å². The summed E-state index contributed by atoms with van der Waals surface area (Å²) in [6.45, 7) is 7.81. The molecular weight excluding hydrogens is 238 g/mol. The predicted octanol–water partition coefficient (Wildman–Crippen LogP) is 3.05. The normalized spacial score (nSPS) is 29.4. The topological polar surface area (TPSA) is 52.3 Å². The monoisotopic (exact) mass is 263 g/mol. The standard InChI is InChI=1S/C13H25NO2.ClH/c1-12(2,3)16-11(15)9-10-5-7-13(4,14)8-6-10;/h10H,5-9,14H2,1-4H3;1H. The Bertz CT molecular complexity index is 249. The zero-order chi connectivity index (χ0) is 12.4. The molecule has 2 N–H and O–H groups in total. The van der Waals surface area contributed by atoms with Crippen LogP contribution in [0.15, 0.2) is 0 Å². The maximum Gasteiger partial charge on any atom is 0.306 e. The summed E-state index contributed by atoms with van der Waals surface area (Å²) in [6, 6.07) is 0. The third-order valence-electron chi connectivity index (χ3n) is 3.12. The molecular formula is C13H26ClNO2. The second kappa shape index (κ2) is 6.05. The van der Waals surface area contributed by atoms with Crippen molar-refractivity contribution in [2.24, 2.45) is 11.7 Å². The first-order valence-electron chi connectivity index (χ1n) is 6.19. The van der Waals surface area contributed by atoms with Gasteiger partial charge in [-0.1, -0.05) is 0 Å². The quantitative estimate of drug-likeness (QED) is 0.779. The van der Waals surface area contributed by atoms with Crippen molar-refractivity contribution in [1.82, 2.24) is 0 Å². The van der Waals surface area contributed by atoms with Crippen LogP contribution >= 0.6 is 12.4 Å². The van der Waals surface area contributed by atoms with Gasteiger partial charge >= 0.3 is 5.97 Å². The van der Waals surface area contributed by atoms with Crippen molar-refractivity contribution in [1.29, 1.82) is 0 Å². The SMILES string of the molecule is CC1(N)CCC(CC(=O)OC(C)(C)C)CC1.Cl. The van der Waals surface area contributed by atoms with E-state index in [1.54, 1.807) is 0 Å². The molecule has 102 valence electrons. The van der Waals surface area contributed by atoms with Gasteiger partial charge in [0.25, 0.3) is 0 Å². The van der Waals surface area contributed by atoms with Crippen LogP contribution in [0.2, 0.25) is 0 Å². The Morgan fingerprint density at radius 3 is 2.24 bits per heavy atom. The fourth-order valence-electron chi connectivity index (χ4n) is 2.16. The number of hydrogen-bond donors (Lipinski definition) is 1. The average Bonchev–Trinajstić information content (AvgIpc) is 2.05.